The SMILES string of the molecule is CCN(C[C@H]1N[C@@](C)(C(=O)OC)[C@H]2C(=O)N(Cc3ccccc3)C(=O)[C@@H]12)C(=O)Nc1ccc(C)cc1. The molecule has 9 heteroatoms. The van der Waals surface area contributed by atoms with Crippen molar-refractivity contribution in [1.82, 2.24) is 15.1 Å². The summed E-state index contributed by atoms with van der Waals surface area (Å²) >= 11 is 0. The number of amides is 4. The number of methoxy groups -OCH3 is 1. The summed E-state index contributed by atoms with van der Waals surface area (Å²) < 4.78 is 5.02. The van der Waals surface area contributed by atoms with E-state index in [0.717, 1.165) is 11.1 Å². The molecule has 0 aromatic heterocycles. The third-order valence-electron chi connectivity index (χ3n) is 7.16. The topological polar surface area (TPSA) is 108 Å². The predicted octanol–water partition coefficient (Wildman–Crippen LogP) is 2.55. The third kappa shape index (κ3) is 4.58. The molecule has 0 spiro atoms. The van der Waals surface area contributed by atoms with Crippen molar-refractivity contribution in [3.63, 3.8) is 0 Å². The first kappa shape index (κ1) is 25.4. The van der Waals surface area contributed by atoms with Crippen LogP contribution in [0.4, 0.5) is 10.5 Å². The second-order valence-corrected chi connectivity index (χ2v) is 9.53. The number of carbonyl (C=O) groups is 4. The summed E-state index contributed by atoms with van der Waals surface area (Å²) in [5, 5.41) is 6.07. The van der Waals surface area contributed by atoms with E-state index < -0.39 is 35.3 Å². The van der Waals surface area contributed by atoms with Gasteiger partial charge in [0.2, 0.25) is 11.8 Å². The summed E-state index contributed by atoms with van der Waals surface area (Å²) in [4.78, 5) is 55.7. The minimum absolute atomic E-state index is 0.126. The summed E-state index contributed by atoms with van der Waals surface area (Å²) in [5.41, 5.74) is 1.15. The number of likely N-dealkylation sites (tertiary alicyclic amines) is 1. The molecular formula is C27H32N4O5. The summed E-state index contributed by atoms with van der Waals surface area (Å²) in [6.07, 6.45) is 0. The lowest BCUT2D eigenvalue weighted by molar-refractivity contribution is -0.153. The van der Waals surface area contributed by atoms with Gasteiger partial charge in [0.05, 0.1) is 25.5 Å². The van der Waals surface area contributed by atoms with E-state index in [4.69, 9.17) is 4.74 Å². The predicted molar refractivity (Wildman–Crippen MR) is 134 cm³/mol. The molecule has 2 N–H and O–H groups in total. The molecule has 2 fully saturated rings. The zero-order valence-electron chi connectivity index (χ0n) is 21.0. The van der Waals surface area contributed by atoms with E-state index in [1.165, 1.54) is 12.0 Å². The van der Waals surface area contributed by atoms with Gasteiger partial charge >= 0.3 is 12.0 Å². The van der Waals surface area contributed by atoms with Crippen molar-refractivity contribution < 1.29 is 23.9 Å². The van der Waals surface area contributed by atoms with Crippen LogP contribution < -0.4 is 10.6 Å². The number of imide groups is 1. The first-order valence-electron chi connectivity index (χ1n) is 12.1. The number of rotatable bonds is 7. The van der Waals surface area contributed by atoms with E-state index in [0.29, 0.717) is 12.2 Å². The normalized spacial score (nSPS) is 25.0. The van der Waals surface area contributed by atoms with Crippen LogP contribution in [0.1, 0.15) is 25.0 Å². The smallest absolute Gasteiger partial charge is 0.326 e. The summed E-state index contributed by atoms with van der Waals surface area (Å²) in [5.74, 6) is -3.11. The molecule has 2 aliphatic heterocycles. The molecule has 2 saturated heterocycles. The average Bonchev–Trinajstić information content (AvgIpc) is 3.32. The van der Waals surface area contributed by atoms with Crippen molar-refractivity contribution >= 4 is 29.5 Å². The van der Waals surface area contributed by atoms with Crippen molar-refractivity contribution in [2.75, 3.05) is 25.5 Å². The minimum Gasteiger partial charge on any atom is -0.468 e. The molecule has 0 bridgehead atoms. The summed E-state index contributed by atoms with van der Waals surface area (Å²) in [6, 6.07) is 15.7. The van der Waals surface area contributed by atoms with Gasteiger partial charge < -0.3 is 15.0 Å². The van der Waals surface area contributed by atoms with E-state index in [9.17, 15) is 19.2 Å². The Labute approximate surface area is 210 Å². The number of carbonyl (C=O) groups excluding carboxylic acids is 4. The molecule has 4 rings (SSSR count). The molecular weight excluding hydrogens is 460 g/mol. The molecule has 2 aromatic rings. The highest BCUT2D eigenvalue weighted by molar-refractivity contribution is 6.09. The molecule has 0 aliphatic carbocycles. The van der Waals surface area contributed by atoms with Crippen LogP contribution in [0.25, 0.3) is 0 Å². The number of fused-ring (bicyclic) bond motifs is 1. The fraction of sp³-hybridized carbons (Fsp3) is 0.407. The largest absolute Gasteiger partial charge is 0.468 e. The zero-order valence-corrected chi connectivity index (χ0v) is 21.0. The number of nitrogens with one attached hydrogen (secondary N) is 2. The maximum absolute atomic E-state index is 13.6. The fourth-order valence-corrected chi connectivity index (χ4v) is 5.24. The second kappa shape index (κ2) is 10.1. The van der Waals surface area contributed by atoms with Crippen molar-refractivity contribution in [2.24, 2.45) is 11.8 Å². The Morgan fingerprint density at radius 2 is 1.75 bits per heavy atom. The highest BCUT2D eigenvalue weighted by Crippen LogP contribution is 2.44. The fourth-order valence-electron chi connectivity index (χ4n) is 5.24. The van der Waals surface area contributed by atoms with Crippen LogP contribution in [0.15, 0.2) is 54.6 Å². The molecule has 2 heterocycles. The van der Waals surface area contributed by atoms with Gasteiger partial charge in [0.25, 0.3) is 0 Å². The minimum atomic E-state index is -1.39. The monoisotopic (exact) mass is 492 g/mol. The number of hydrogen-bond donors (Lipinski definition) is 2. The maximum atomic E-state index is 13.6. The van der Waals surface area contributed by atoms with Crippen molar-refractivity contribution in [3.05, 3.63) is 65.7 Å². The lowest BCUT2D eigenvalue weighted by atomic mass is 9.81. The molecule has 0 saturated carbocycles. The van der Waals surface area contributed by atoms with Crippen LogP contribution in [0, 0.1) is 18.8 Å². The molecule has 4 amide bonds. The Balaban J connectivity index is 1.58. The first-order valence-corrected chi connectivity index (χ1v) is 12.1. The van der Waals surface area contributed by atoms with Crippen molar-refractivity contribution in [3.8, 4) is 0 Å². The van der Waals surface area contributed by atoms with E-state index in [1.807, 2.05) is 68.4 Å². The number of ether oxygens (including phenoxy) is 1. The van der Waals surface area contributed by atoms with Gasteiger partial charge in [-0.3, -0.25) is 24.6 Å². The Morgan fingerprint density at radius 1 is 1.08 bits per heavy atom. The van der Waals surface area contributed by atoms with Crippen LogP contribution in [-0.4, -0.2) is 65.4 Å². The molecule has 0 unspecified atom stereocenters. The Hall–Kier alpha value is -3.72. The van der Waals surface area contributed by atoms with E-state index in [1.54, 1.807) is 11.8 Å². The number of nitrogens with zero attached hydrogens (tertiary/aromatic N) is 2. The highest BCUT2D eigenvalue weighted by Gasteiger charge is 2.66. The van der Waals surface area contributed by atoms with E-state index >= 15 is 0 Å². The second-order valence-electron chi connectivity index (χ2n) is 9.53. The Bertz CT molecular complexity index is 1150. The number of aryl methyl sites for hydroxylation is 1. The highest BCUT2D eigenvalue weighted by atomic mass is 16.5. The maximum Gasteiger partial charge on any atom is 0.326 e. The number of benzene rings is 2. The van der Waals surface area contributed by atoms with Gasteiger partial charge in [0.15, 0.2) is 0 Å². The average molecular weight is 493 g/mol. The van der Waals surface area contributed by atoms with Gasteiger partial charge in [0, 0.05) is 24.8 Å². The Kier molecular flexibility index (Phi) is 7.12. The van der Waals surface area contributed by atoms with Crippen LogP contribution >= 0.6 is 0 Å². The number of hydrogen-bond acceptors (Lipinski definition) is 6. The van der Waals surface area contributed by atoms with Gasteiger partial charge in [-0.05, 0) is 38.5 Å². The number of esters is 1. The quantitative estimate of drug-likeness (QED) is 0.454. The van der Waals surface area contributed by atoms with E-state index in [-0.39, 0.29) is 25.0 Å². The third-order valence-corrected chi connectivity index (χ3v) is 7.16. The zero-order chi connectivity index (χ0) is 26.0. The lowest BCUT2D eigenvalue weighted by Crippen LogP contribution is -2.56. The van der Waals surface area contributed by atoms with Gasteiger partial charge in [-0.1, -0.05) is 48.0 Å². The molecule has 0 radical (unpaired) electrons. The molecule has 190 valence electrons. The number of likely N-dealkylation sites (N-methyl/N-ethyl adjacent to an activating group) is 1. The first-order chi connectivity index (χ1) is 17.2. The molecule has 2 aliphatic rings. The number of anilines is 1. The van der Waals surface area contributed by atoms with Crippen molar-refractivity contribution in [1.29, 1.82) is 0 Å². The molecule has 9 nitrogen and oxygen atoms in total. The van der Waals surface area contributed by atoms with Gasteiger partial charge in [-0.2, -0.15) is 0 Å². The lowest BCUT2D eigenvalue weighted by Gasteiger charge is -2.30. The van der Waals surface area contributed by atoms with Crippen molar-refractivity contribution in [2.45, 2.75) is 38.9 Å². The Morgan fingerprint density at radius 3 is 2.36 bits per heavy atom. The van der Waals surface area contributed by atoms with Crippen LogP contribution in [0.5, 0.6) is 0 Å². The van der Waals surface area contributed by atoms with Crippen LogP contribution in [0.3, 0.4) is 0 Å². The molecule has 36 heavy (non-hydrogen) atoms. The van der Waals surface area contributed by atoms with Gasteiger partial charge in [-0.25, -0.2) is 4.79 Å². The number of urea groups is 1. The van der Waals surface area contributed by atoms with Crippen LogP contribution in [0.2, 0.25) is 0 Å². The van der Waals surface area contributed by atoms with Crippen LogP contribution in [-0.2, 0) is 25.7 Å². The molecule has 2 aromatic carbocycles. The van der Waals surface area contributed by atoms with Gasteiger partial charge in [0.1, 0.15) is 5.54 Å². The standard InChI is InChI=1S/C27H32N4O5/c1-5-30(26(35)28-19-13-11-17(2)12-14-19)16-20-21-22(27(3,29-20)25(34)36-4)24(33)31(23(21)32)15-18-9-7-6-8-10-18/h6-14,20-22,29H,5,15-16H2,1-4H3,(H,28,35)/t20-,21+,22-,27-/m1/s1. The summed E-state index contributed by atoms with van der Waals surface area (Å²) in [7, 11) is 1.26. The van der Waals surface area contributed by atoms with Gasteiger partial charge in [-0.15, -0.1) is 0 Å². The molecule has 4 atom stereocenters. The van der Waals surface area contributed by atoms with E-state index in [2.05, 4.69) is 10.6 Å². The summed E-state index contributed by atoms with van der Waals surface area (Å²) in [6.45, 7) is 6.03.